The summed E-state index contributed by atoms with van der Waals surface area (Å²) in [5, 5.41) is 0. The van der Waals surface area contributed by atoms with Gasteiger partial charge in [-0.1, -0.05) is 0 Å². The quantitative estimate of drug-likeness (QED) is 0.585. The van der Waals surface area contributed by atoms with Crippen LogP contribution in [0.15, 0.2) is 24.3 Å². The van der Waals surface area contributed by atoms with Crippen LogP contribution in [0.25, 0.3) is 0 Å². The van der Waals surface area contributed by atoms with Crippen molar-refractivity contribution in [3.8, 4) is 28.7 Å². The van der Waals surface area contributed by atoms with Crippen molar-refractivity contribution in [1.82, 2.24) is 0 Å². The normalized spacial score (nSPS) is 25.3. The van der Waals surface area contributed by atoms with Crippen LogP contribution in [0.1, 0.15) is 41.6 Å². The Bertz CT molecular complexity index is 1030. The fraction of sp³-hybridized carbons (Fsp3) is 0.458. The van der Waals surface area contributed by atoms with Crippen LogP contribution >= 0.6 is 12.0 Å². The maximum absolute atomic E-state index is 13.2. The van der Waals surface area contributed by atoms with Gasteiger partial charge in [0.15, 0.2) is 23.0 Å². The highest BCUT2D eigenvalue weighted by Crippen LogP contribution is 2.58. The number of Topliss-reactive ketones (excluding diaryl/α,β-unsaturated/α-hetero) is 1. The molecule has 0 spiro atoms. The molecule has 0 amide bonds. The zero-order valence-corrected chi connectivity index (χ0v) is 19.3. The number of carbonyl (C=O) groups is 1. The Morgan fingerprint density at radius 2 is 1.59 bits per heavy atom. The first-order valence-corrected chi connectivity index (χ1v) is 11.7. The molecule has 1 fully saturated rings. The molecule has 0 saturated heterocycles. The van der Waals surface area contributed by atoms with E-state index >= 15 is 0 Å². The average molecular weight is 459 g/mol. The van der Waals surface area contributed by atoms with E-state index in [1.807, 2.05) is 30.5 Å². The summed E-state index contributed by atoms with van der Waals surface area (Å²) >= 11 is 1.33. The molecule has 5 rings (SSSR count). The molecule has 8 heteroatoms. The standard InChI is InChI=1S/C24H26O7S/c1-26-19-7-12(8-20(27-2)24(19)28-3)21-14-9-17-18(30-11-29-17)10-15(14)23(31-32-4)13-5-6-16(25)22(13)21/h7-10,13,21-23H,5-6,11H2,1-4H3/t13-,21-,22+,23-/m0/s1. The number of methoxy groups -OCH3 is 3. The van der Waals surface area contributed by atoms with Crippen LogP contribution in [0.2, 0.25) is 0 Å². The molecule has 3 aliphatic rings. The first-order chi connectivity index (χ1) is 15.6. The maximum atomic E-state index is 13.2. The SMILES string of the molecule is COc1cc([C@H]2c3cc4c(cc3[C@@H](OSC)[C@H]3CCC(=O)[C@H]23)OCO4)cc(OC)c1OC. The Labute approximate surface area is 191 Å². The third-order valence-electron chi connectivity index (χ3n) is 6.77. The fourth-order valence-corrected chi connectivity index (χ4v) is 5.93. The Kier molecular flexibility index (Phi) is 5.59. The van der Waals surface area contributed by atoms with Crippen molar-refractivity contribution in [2.75, 3.05) is 34.4 Å². The third-order valence-corrected chi connectivity index (χ3v) is 7.17. The molecule has 1 saturated carbocycles. The van der Waals surface area contributed by atoms with Crippen molar-refractivity contribution in [2.45, 2.75) is 24.9 Å². The Morgan fingerprint density at radius 1 is 0.938 bits per heavy atom. The molecule has 32 heavy (non-hydrogen) atoms. The second kappa shape index (κ2) is 8.41. The lowest BCUT2D eigenvalue weighted by atomic mass is 9.66. The summed E-state index contributed by atoms with van der Waals surface area (Å²) in [6.45, 7) is 0.187. The summed E-state index contributed by atoms with van der Waals surface area (Å²) in [4.78, 5) is 13.2. The summed E-state index contributed by atoms with van der Waals surface area (Å²) in [6.07, 6.45) is 3.06. The molecule has 1 heterocycles. The van der Waals surface area contributed by atoms with Crippen molar-refractivity contribution in [3.05, 3.63) is 41.0 Å². The number of carbonyl (C=O) groups excluding carboxylic acids is 1. The van der Waals surface area contributed by atoms with Crippen molar-refractivity contribution in [3.63, 3.8) is 0 Å². The lowest BCUT2D eigenvalue weighted by Gasteiger charge is -2.40. The third kappa shape index (κ3) is 3.19. The highest BCUT2D eigenvalue weighted by atomic mass is 32.2. The molecule has 0 N–H and O–H groups in total. The molecule has 0 unspecified atom stereocenters. The van der Waals surface area contributed by atoms with E-state index in [-0.39, 0.29) is 36.4 Å². The van der Waals surface area contributed by atoms with Crippen molar-refractivity contribution < 1.29 is 32.7 Å². The monoisotopic (exact) mass is 458 g/mol. The van der Waals surface area contributed by atoms with Gasteiger partial charge in [-0.3, -0.25) is 4.79 Å². The van der Waals surface area contributed by atoms with E-state index in [4.69, 9.17) is 27.9 Å². The lowest BCUT2D eigenvalue weighted by Crippen LogP contribution is -2.34. The van der Waals surface area contributed by atoms with E-state index in [0.29, 0.717) is 35.2 Å². The predicted octanol–water partition coefficient (Wildman–Crippen LogP) is 4.52. The molecule has 1 aliphatic heterocycles. The number of rotatable bonds is 6. The minimum Gasteiger partial charge on any atom is -0.493 e. The Hall–Kier alpha value is -2.58. The lowest BCUT2D eigenvalue weighted by molar-refractivity contribution is -0.122. The zero-order valence-electron chi connectivity index (χ0n) is 18.5. The molecule has 2 aliphatic carbocycles. The van der Waals surface area contributed by atoms with Gasteiger partial charge in [0, 0.05) is 30.4 Å². The molecule has 4 atom stereocenters. The first kappa shape index (κ1) is 21.3. The molecule has 0 aromatic heterocycles. The van der Waals surface area contributed by atoms with Crippen molar-refractivity contribution in [1.29, 1.82) is 0 Å². The van der Waals surface area contributed by atoms with Crippen molar-refractivity contribution in [2.24, 2.45) is 11.8 Å². The fourth-order valence-electron chi connectivity index (χ4n) is 5.47. The summed E-state index contributed by atoms with van der Waals surface area (Å²) in [7, 11) is 4.77. The van der Waals surface area contributed by atoms with Crippen molar-refractivity contribution >= 4 is 17.8 Å². The van der Waals surface area contributed by atoms with Gasteiger partial charge in [0.1, 0.15) is 11.9 Å². The molecule has 0 bridgehead atoms. The average Bonchev–Trinajstić information content (AvgIpc) is 3.43. The summed E-state index contributed by atoms with van der Waals surface area (Å²) < 4.78 is 34.2. The van der Waals surface area contributed by atoms with E-state index in [1.54, 1.807) is 21.3 Å². The van der Waals surface area contributed by atoms with Crippen LogP contribution < -0.4 is 23.7 Å². The second-order valence-corrected chi connectivity index (χ2v) is 8.67. The second-order valence-electron chi connectivity index (χ2n) is 8.15. The van der Waals surface area contributed by atoms with Gasteiger partial charge in [-0.25, -0.2) is 0 Å². The molecular formula is C24H26O7S. The van der Waals surface area contributed by atoms with Crippen LogP contribution in [0.3, 0.4) is 0 Å². The Balaban J connectivity index is 1.74. The maximum Gasteiger partial charge on any atom is 0.231 e. The van der Waals surface area contributed by atoms with Gasteiger partial charge in [0.2, 0.25) is 12.5 Å². The first-order valence-electron chi connectivity index (χ1n) is 10.6. The van der Waals surface area contributed by atoms with Gasteiger partial charge in [-0.05, 0) is 59.4 Å². The van der Waals surface area contributed by atoms with Gasteiger partial charge in [-0.2, -0.15) is 0 Å². The van der Waals surface area contributed by atoms with E-state index < -0.39 is 0 Å². The molecule has 2 aromatic carbocycles. The van der Waals surface area contributed by atoms with E-state index in [9.17, 15) is 4.79 Å². The summed E-state index contributed by atoms with van der Waals surface area (Å²) in [5.74, 6) is 3.00. The number of fused-ring (bicyclic) bond motifs is 3. The highest BCUT2D eigenvalue weighted by Gasteiger charge is 2.51. The summed E-state index contributed by atoms with van der Waals surface area (Å²) in [5.41, 5.74) is 2.99. The van der Waals surface area contributed by atoms with Gasteiger partial charge in [0.25, 0.3) is 0 Å². The number of ketones is 1. The minimum absolute atomic E-state index is 0.0758. The van der Waals surface area contributed by atoms with Crippen LogP contribution in [0.5, 0.6) is 28.7 Å². The highest BCUT2D eigenvalue weighted by molar-refractivity contribution is 7.93. The van der Waals surface area contributed by atoms with Crippen LogP contribution in [-0.2, 0) is 8.98 Å². The summed E-state index contributed by atoms with van der Waals surface area (Å²) in [6, 6.07) is 7.91. The smallest absolute Gasteiger partial charge is 0.231 e. The topological polar surface area (TPSA) is 72.5 Å². The van der Waals surface area contributed by atoms with E-state index in [0.717, 1.165) is 23.1 Å². The van der Waals surface area contributed by atoms with E-state index in [2.05, 4.69) is 0 Å². The minimum atomic E-state index is -0.206. The molecule has 170 valence electrons. The molecule has 0 radical (unpaired) electrons. The van der Waals surface area contributed by atoms with Crippen LogP contribution in [0.4, 0.5) is 0 Å². The van der Waals surface area contributed by atoms with Gasteiger partial charge in [0.05, 0.1) is 21.3 Å². The van der Waals surface area contributed by atoms with Gasteiger partial charge >= 0.3 is 0 Å². The van der Waals surface area contributed by atoms with Gasteiger partial charge < -0.3 is 27.9 Å². The zero-order chi connectivity index (χ0) is 22.4. The van der Waals surface area contributed by atoms with E-state index in [1.165, 1.54) is 12.0 Å². The number of benzene rings is 2. The van der Waals surface area contributed by atoms with Gasteiger partial charge in [-0.15, -0.1) is 0 Å². The van der Waals surface area contributed by atoms with Crippen LogP contribution in [0, 0.1) is 11.8 Å². The predicted molar refractivity (Wildman–Crippen MR) is 119 cm³/mol. The molecular weight excluding hydrogens is 432 g/mol. The van der Waals surface area contributed by atoms with Crippen LogP contribution in [-0.4, -0.2) is 40.2 Å². The number of hydrogen-bond acceptors (Lipinski definition) is 8. The Morgan fingerprint density at radius 3 is 2.19 bits per heavy atom. The number of ether oxygens (including phenoxy) is 5. The number of hydrogen-bond donors (Lipinski definition) is 0. The molecule has 2 aromatic rings. The molecule has 7 nitrogen and oxygen atoms in total. The largest absolute Gasteiger partial charge is 0.493 e.